The van der Waals surface area contributed by atoms with E-state index in [1.807, 2.05) is 37.7 Å². The van der Waals surface area contributed by atoms with Crippen molar-refractivity contribution < 1.29 is 4.79 Å². The van der Waals surface area contributed by atoms with Crippen LogP contribution >= 0.6 is 11.8 Å². The quantitative estimate of drug-likeness (QED) is 0.871. The van der Waals surface area contributed by atoms with Crippen LogP contribution in [0.4, 0.5) is 5.69 Å². The van der Waals surface area contributed by atoms with Gasteiger partial charge in [0.15, 0.2) is 0 Å². The SMILES string of the molecule is CC(C)C(N)C(=O)Nc1ccc(SC2CCCC2)cc1. The molecule has 0 saturated heterocycles. The summed E-state index contributed by atoms with van der Waals surface area (Å²) in [6, 6.07) is 7.63. The number of benzene rings is 1. The van der Waals surface area contributed by atoms with Crippen LogP contribution in [0.2, 0.25) is 0 Å². The Kier molecular flexibility index (Phi) is 5.49. The van der Waals surface area contributed by atoms with Crippen molar-refractivity contribution in [2.24, 2.45) is 11.7 Å². The third kappa shape index (κ3) is 4.25. The second-order valence-corrected chi connectivity index (χ2v) is 7.18. The normalized spacial score (nSPS) is 17.4. The minimum atomic E-state index is -0.456. The maximum atomic E-state index is 11.9. The predicted molar refractivity (Wildman–Crippen MR) is 86.0 cm³/mol. The Labute approximate surface area is 125 Å². The van der Waals surface area contributed by atoms with Gasteiger partial charge in [-0.3, -0.25) is 4.79 Å². The van der Waals surface area contributed by atoms with Crippen molar-refractivity contribution in [2.75, 3.05) is 5.32 Å². The topological polar surface area (TPSA) is 55.1 Å². The molecule has 1 aromatic rings. The molecule has 0 spiro atoms. The van der Waals surface area contributed by atoms with E-state index >= 15 is 0 Å². The number of nitrogens with one attached hydrogen (secondary N) is 1. The molecule has 4 heteroatoms. The molecule has 20 heavy (non-hydrogen) atoms. The van der Waals surface area contributed by atoms with Crippen LogP contribution in [0.5, 0.6) is 0 Å². The fourth-order valence-electron chi connectivity index (χ4n) is 2.34. The lowest BCUT2D eigenvalue weighted by Crippen LogP contribution is -2.39. The van der Waals surface area contributed by atoms with Crippen LogP contribution in [0.25, 0.3) is 0 Å². The third-order valence-corrected chi connectivity index (χ3v) is 5.10. The van der Waals surface area contributed by atoms with Gasteiger partial charge in [-0.15, -0.1) is 11.8 Å². The van der Waals surface area contributed by atoms with Crippen molar-refractivity contribution in [2.45, 2.75) is 55.7 Å². The summed E-state index contributed by atoms with van der Waals surface area (Å²) < 4.78 is 0. The van der Waals surface area contributed by atoms with Crippen molar-refractivity contribution in [3.63, 3.8) is 0 Å². The lowest BCUT2D eigenvalue weighted by atomic mass is 10.1. The average molecular weight is 292 g/mol. The molecule has 3 N–H and O–H groups in total. The first-order valence-electron chi connectivity index (χ1n) is 7.39. The van der Waals surface area contributed by atoms with Crippen molar-refractivity contribution in [3.05, 3.63) is 24.3 Å². The highest BCUT2D eigenvalue weighted by Crippen LogP contribution is 2.34. The summed E-state index contributed by atoms with van der Waals surface area (Å²) in [7, 11) is 0. The first kappa shape index (κ1) is 15.4. The average Bonchev–Trinajstić information content (AvgIpc) is 2.92. The van der Waals surface area contributed by atoms with Crippen molar-refractivity contribution in [3.8, 4) is 0 Å². The van der Waals surface area contributed by atoms with Gasteiger partial charge in [0.05, 0.1) is 6.04 Å². The molecule has 2 rings (SSSR count). The molecule has 1 saturated carbocycles. The minimum absolute atomic E-state index is 0.115. The van der Waals surface area contributed by atoms with E-state index in [2.05, 4.69) is 17.4 Å². The van der Waals surface area contributed by atoms with Crippen LogP contribution in [0.3, 0.4) is 0 Å². The summed E-state index contributed by atoms with van der Waals surface area (Å²) in [6.07, 6.45) is 5.37. The predicted octanol–water partition coefficient (Wildman–Crippen LogP) is 3.64. The molecule has 1 unspecified atom stereocenters. The molecule has 1 aliphatic rings. The number of hydrogen-bond donors (Lipinski definition) is 2. The van der Waals surface area contributed by atoms with Gasteiger partial charge in [-0.25, -0.2) is 0 Å². The van der Waals surface area contributed by atoms with Crippen LogP contribution in [0.15, 0.2) is 29.2 Å². The molecule has 110 valence electrons. The maximum absolute atomic E-state index is 11.9. The Morgan fingerprint density at radius 3 is 2.40 bits per heavy atom. The summed E-state index contributed by atoms with van der Waals surface area (Å²) >= 11 is 1.95. The van der Waals surface area contributed by atoms with E-state index in [4.69, 9.17) is 5.73 Å². The smallest absolute Gasteiger partial charge is 0.241 e. The van der Waals surface area contributed by atoms with Crippen LogP contribution in [-0.2, 0) is 4.79 Å². The molecule has 0 bridgehead atoms. The van der Waals surface area contributed by atoms with E-state index in [1.54, 1.807) is 0 Å². The molecule has 1 aliphatic carbocycles. The van der Waals surface area contributed by atoms with E-state index in [0.717, 1.165) is 10.9 Å². The van der Waals surface area contributed by atoms with Crippen LogP contribution in [-0.4, -0.2) is 17.2 Å². The monoisotopic (exact) mass is 292 g/mol. The van der Waals surface area contributed by atoms with Gasteiger partial charge in [-0.1, -0.05) is 26.7 Å². The first-order valence-corrected chi connectivity index (χ1v) is 8.27. The molecule has 1 atom stereocenters. The lowest BCUT2D eigenvalue weighted by Gasteiger charge is -2.15. The standard InChI is InChI=1S/C16H24N2OS/c1-11(2)15(17)16(19)18-12-7-9-14(10-8-12)20-13-5-3-4-6-13/h7-11,13,15H,3-6,17H2,1-2H3,(H,18,19). The van der Waals surface area contributed by atoms with Crippen LogP contribution < -0.4 is 11.1 Å². The number of thioether (sulfide) groups is 1. The molecule has 1 fully saturated rings. The zero-order chi connectivity index (χ0) is 14.5. The van der Waals surface area contributed by atoms with Gasteiger partial charge in [-0.2, -0.15) is 0 Å². The lowest BCUT2D eigenvalue weighted by molar-refractivity contribution is -0.118. The number of hydrogen-bond acceptors (Lipinski definition) is 3. The summed E-state index contributed by atoms with van der Waals surface area (Å²) in [6.45, 7) is 3.90. The van der Waals surface area contributed by atoms with Crippen molar-refractivity contribution >= 4 is 23.4 Å². The number of carbonyl (C=O) groups is 1. The summed E-state index contributed by atoms with van der Waals surface area (Å²) in [5, 5.41) is 3.64. The number of nitrogens with two attached hydrogens (primary N) is 1. The number of anilines is 1. The van der Waals surface area contributed by atoms with E-state index in [0.29, 0.717) is 0 Å². The van der Waals surface area contributed by atoms with Gasteiger partial charge in [0.25, 0.3) is 0 Å². The minimum Gasteiger partial charge on any atom is -0.325 e. The van der Waals surface area contributed by atoms with Gasteiger partial charge in [0.2, 0.25) is 5.91 Å². The largest absolute Gasteiger partial charge is 0.325 e. The molecule has 0 heterocycles. The van der Waals surface area contributed by atoms with Gasteiger partial charge in [0.1, 0.15) is 0 Å². The molecule has 0 aliphatic heterocycles. The van der Waals surface area contributed by atoms with Gasteiger partial charge < -0.3 is 11.1 Å². The molecule has 1 aromatic carbocycles. The first-order chi connectivity index (χ1) is 9.56. The second kappa shape index (κ2) is 7.14. The van der Waals surface area contributed by atoms with E-state index in [9.17, 15) is 4.79 Å². The Hall–Kier alpha value is -1.00. The molecule has 1 amide bonds. The maximum Gasteiger partial charge on any atom is 0.241 e. The Bertz CT molecular complexity index is 438. The Balaban J connectivity index is 1.89. The fraction of sp³-hybridized carbons (Fsp3) is 0.562. The van der Waals surface area contributed by atoms with E-state index in [-0.39, 0.29) is 11.8 Å². The van der Waals surface area contributed by atoms with Crippen molar-refractivity contribution in [1.82, 2.24) is 0 Å². The molecule has 0 radical (unpaired) electrons. The number of rotatable bonds is 5. The highest BCUT2D eigenvalue weighted by atomic mass is 32.2. The summed E-state index contributed by atoms with van der Waals surface area (Å²) in [4.78, 5) is 13.2. The van der Waals surface area contributed by atoms with Gasteiger partial charge in [-0.05, 0) is 43.0 Å². The summed E-state index contributed by atoms with van der Waals surface area (Å²) in [5.74, 6) is 0.0309. The van der Waals surface area contributed by atoms with Crippen LogP contribution in [0.1, 0.15) is 39.5 Å². The number of carbonyl (C=O) groups excluding carboxylic acids is 1. The van der Waals surface area contributed by atoms with Gasteiger partial charge >= 0.3 is 0 Å². The zero-order valence-corrected chi connectivity index (χ0v) is 13.1. The molecule has 3 nitrogen and oxygen atoms in total. The van der Waals surface area contributed by atoms with E-state index < -0.39 is 6.04 Å². The number of amides is 1. The third-order valence-electron chi connectivity index (χ3n) is 3.75. The van der Waals surface area contributed by atoms with Gasteiger partial charge in [0, 0.05) is 15.8 Å². The Morgan fingerprint density at radius 2 is 1.85 bits per heavy atom. The van der Waals surface area contributed by atoms with E-state index in [1.165, 1.54) is 30.6 Å². The van der Waals surface area contributed by atoms with Crippen molar-refractivity contribution in [1.29, 1.82) is 0 Å². The summed E-state index contributed by atoms with van der Waals surface area (Å²) in [5.41, 5.74) is 6.65. The second-order valence-electron chi connectivity index (χ2n) is 5.81. The molecule has 0 aromatic heterocycles. The van der Waals surface area contributed by atoms with Crippen LogP contribution in [0, 0.1) is 5.92 Å². The fourth-order valence-corrected chi connectivity index (χ4v) is 3.59. The zero-order valence-electron chi connectivity index (χ0n) is 12.3. The molecular weight excluding hydrogens is 268 g/mol. The highest BCUT2D eigenvalue weighted by Gasteiger charge is 2.18. The molecular formula is C16H24N2OS. The Morgan fingerprint density at radius 1 is 1.25 bits per heavy atom. The highest BCUT2D eigenvalue weighted by molar-refractivity contribution is 8.00.